The fraction of sp³-hybridized carbons (Fsp3) is 0.515. The van der Waals surface area contributed by atoms with Crippen LogP contribution in [0.2, 0.25) is 0 Å². The molecule has 0 spiro atoms. The lowest BCUT2D eigenvalue weighted by atomic mass is 9.81. The minimum absolute atomic E-state index is 0.176. The average Bonchev–Trinajstić information content (AvgIpc) is 3.06. The molecule has 2 aromatic rings. The number of nitrogens with one attached hydrogen (secondary N) is 1. The van der Waals surface area contributed by atoms with E-state index in [0.29, 0.717) is 31.0 Å². The molecule has 1 unspecified atom stereocenters. The predicted octanol–water partition coefficient (Wildman–Crippen LogP) is 5.46. The fourth-order valence-corrected chi connectivity index (χ4v) is 6.22. The van der Waals surface area contributed by atoms with Gasteiger partial charge in [0.2, 0.25) is 18.0 Å². The molecule has 2 aliphatic rings. The monoisotopic (exact) mass is 544 g/mol. The van der Waals surface area contributed by atoms with E-state index in [1.165, 1.54) is 19.3 Å². The van der Waals surface area contributed by atoms with Crippen molar-refractivity contribution in [2.24, 2.45) is 34.4 Å². The lowest BCUT2D eigenvalue weighted by molar-refractivity contribution is -0.136. The molecule has 2 aromatic carbocycles. The third-order valence-electron chi connectivity index (χ3n) is 8.21. The van der Waals surface area contributed by atoms with E-state index >= 15 is 0 Å². The van der Waals surface area contributed by atoms with Gasteiger partial charge >= 0.3 is 0 Å². The van der Waals surface area contributed by atoms with Crippen LogP contribution < -0.4 is 16.0 Å². The average molecular weight is 545 g/mol. The highest BCUT2D eigenvalue weighted by Crippen LogP contribution is 2.32. The molecular weight excluding hydrogens is 500 g/mol. The number of hydrogen-bond donors (Lipinski definition) is 2. The molecule has 0 saturated heterocycles. The second kappa shape index (κ2) is 13.7. The van der Waals surface area contributed by atoms with Gasteiger partial charge in [-0.3, -0.25) is 14.4 Å². The van der Waals surface area contributed by atoms with Gasteiger partial charge in [0.05, 0.1) is 11.4 Å². The number of carbonyl (C=O) groups excluding carboxylic acids is 3. The maximum atomic E-state index is 14.3. The molecule has 3 atom stereocenters. The first-order valence-electron chi connectivity index (χ1n) is 14.9. The van der Waals surface area contributed by atoms with E-state index in [2.05, 4.69) is 5.32 Å². The van der Waals surface area contributed by atoms with Gasteiger partial charge in [0.25, 0.3) is 5.91 Å². The lowest BCUT2D eigenvalue weighted by Crippen LogP contribution is -2.51. The summed E-state index contributed by atoms with van der Waals surface area (Å²) in [4.78, 5) is 47.4. The topological polar surface area (TPSA) is 105 Å². The Morgan fingerprint density at radius 1 is 1.00 bits per heavy atom. The normalized spacial score (nSPS) is 19.4. The van der Waals surface area contributed by atoms with Gasteiger partial charge in [0.1, 0.15) is 0 Å². The van der Waals surface area contributed by atoms with E-state index in [0.717, 1.165) is 36.1 Å². The van der Waals surface area contributed by atoms with Crippen LogP contribution in [0.3, 0.4) is 0 Å². The second-order valence-corrected chi connectivity index (χ2v) is 11.8. The lowest BCUT2D eigenvalue weighted by Gasteiger charge is -2.32. The van der Waals surface area contributed by atoms with Gasteiger partial charge in [0.15, 0.2) is 0 Å². The number of benzene rings is 2. The van der Waals surface area contributed by atoms with Gasteiger partial charge in [-0.1, -0.05) is 95.0 Å². The van der Waals surface area contributed by atoms with Crippen molar-refractivity contribution in [3.05, 3.63) is 65.7 Å². The van der Waals surface area contributed by atoms with Crippen LogP contribution in [-0.2, 0) is 14.4 Å². The summed E-state index contributed by atoms with van der Waals surface area (Å²) in [6.07, 6.45) is 6.40. The van der Waals surface area contributed by atoms with Crippen molar-refractivity contribution in [3.8, 4) is 0 Å². The molecule has 0 bridgehead atoms. The maximum absolute atomic E-state index is 14.3. The van der Waals surface area contributed by atoms with Crippen LogP contribution in [0.1, 0.15) is 83.3 Å². The van der Waals surface area contributed by atoms with E-state index in [9.17, 15) is 14.4 Å². The second-order valence-electron chi connectivity index (χ2n) is 11.8. The zero-order chi connectivity index (χ0) is 28.6. The summed E-state index contributed by atoms with van der Waals surface area (Å²) in [6.45, 7) is 6.62. The summed E-state index contributed by atoms with van der Waals surface area (Å²) in [5.74, 6) is -1.71. The molecule has 7 nitrogen and oxygen atoms in total. The highest BCUT2D eigenvalue weighted by atomic mass is 16.2. The summed E-state index contributed by atoms with van der Waals surface area (Å²) in [6, 6.07) is 17.7. The molecule has 7 heteroatoms. The van der Waals surface area contributed by atoms with E-state index < -0.39 is 23.9 Å². The number of aliphatic imine (C=N–C) groups is 1. The van der Waals surface area contributed by atoms with Crippen molar-refractivity contribution >= 4 is 29.1 Å². The number of nitrogens with two attached hydrogens (primary N) is 1. The standard InChI is InChI=1S/C33H44N4O3/c1-4-13-25(30(34)38)27(20-22(2)3)32(39)36-31-33(40)37(21-23-14-7-5-8-15-23)28-19-12-11-18-26(28)29(35-31)24-16-9-6-10-17-24/h6,9-12,16-19,22-23,25,27,31H,4-5,7-8,13-15,20-21H2,1-3H3,(H2,34,38)(H,36,39)/t25-,27+,31?/m0/s1. The molecule has 214 valence electrons. The Labute approximate surface area is 238 Å². The number of benzodiazepines with no additional fused rings is 1. The third kappa shape index (κ3) is 6.98. The van der Waals surface area contributed by atoms with Gasteiger partial charge in [-0.2, -0.15) is 0 Å². The summed E-state index contributed by atoms with van der Waals surface area (Å²) < 4.78 is 0. The Morgan fingerprint density at radius 2 is 1.68 bits per heavy atom. The zero-order valence-electron chi connectivity index (χ0n) is 24.1. The number of para-hydroxylation sites is 1. The Kier molecular flexibility index (Phi) is 10.1. The van der Waals surface area contributed by atoms with Gasteiger partial charge in [-0.05, 0) is 43.6 Å². The van der Waals surface area contributed by atoms with Crippen LogP contribution in [-0.4, -0.2) is 36.1 Å². The molecule has 1 aliphatic heterocycles. The number of primary amides is 1. The molecule has 3 N–H and O–H groups in total. The molecule has 3 amide bonds. The van der Waals surface area contributed by atoms with Gasteiger partial charge < -0.3 is 16.0 Å². The number of rotatable bonds is 11. The number of carbonyl (C=O) groups is 3. The van der Waals surface area contributed by atoms with Crippen molar-refractivity contribution in [3.63, 3.8) is 0 Å². The number of hydrogen-bond acceptors (Lipinski definition) is 4. The van der Waals surface area contributed by atoms with Crippen LogP contribution in [0.15, 0.2) is 59.6 Å². The van der Waals surface area contributed by atoms with E-state index in [1.54, 1.807) is 0 Å². The molecule has 40 heavy (non-hydrogen) atoms. The summed E-state index contributed by atoms with van der Waals surface area (Å²) in [5.41, 5.74) is 9.01. The van der Waals surface area contributed by atoms with E-state index in [4.69, 9.17) is 10.7 Å². The Bertz CT molecular complexity index is 1200. The van der Waals surface area contributed by atoms with Gasteiger partial charge in [-0.25, -0.2) is 4.99 Å². The molecule has 0 radical (unpaired) electrons. The first kappa shape index (κ1) is 29.5. The number of fused-ring (bicyclic) bond motifs is 1. The summed E-state index contributed by atoms with van der Waals surface area (Å²) >= 11 is 0. The highest BCUT2D eigenvalue weighted by molar-refractivity contribution is 6.20. The van der Waals surface area contributed by atoms with E-state index in [1.807, 2.05) is 80.3 Å². The van der Waals surface area contributed by atoms with Crippen molar-refractivity contribution < 1.29 is 14.4 Å². The van der Waals surface area contributed by atoms with Crippen molar-refractivity contribution in [2.75, 3.05) is 11.4 Å². The third-order valence-corrected chi connectivity index (χ3v) is 8.21. The number of nitrogens with zero attached hydrogens (tertiary/aromatic N) is 2. The van der Waals surface area contributed by atoms with Crippen molar-refractivity contribution in [1.29, 1.82) is 0 Å². The molecule has 1 aliphatic carbocycles. The quantitative estimate of drug-likeness (QED) is 0.393. The van der Waals surface area contributed by atoms with E-state index in [-0.39, 0.29) is 17.7 Å². The molecule has 1 fully saturated rings. The maximum Gasteiger partial charge on any atom is 0.272 e. The molecule has 1 heterocycles. The SMILES string of the molecule is CCC[C@H](C(N)=O)[C@@H](CC(C)C)C(=O)NC1N=C(c2ccccc2)c2ccccc2N(CC2CCCCC2)C1=O. The first-order valence-corrected chi connectivity index (χ1v) is 14.9. The summed E-state index contributed by atoms with van der Waals surface area (Å²) in [5, 5.41) is 2.98. The van der Waals surface area contributed by atoms with Crippen LogP contribution in [0.25, 0.3) is 0 Å². The van der Waals surface area contributed by atoms with Crippen LogP contribution in [0.4, 0.5) is 5.69 Å². The first-order chi connectivity index (χ1) is 19.3. The van der Waals surface area contributed by atoms with Crippen molar-refractivity contribution in [2.45, 2.75) is 78.3 Å². The zero-order valence-corrected chi connectivity index (χ0v) is 24.1. The highest BCUT2D eigenvalue weighted by Gasteiger charge is 2.38. The largest absolute Gasteiger partial charge is 0.369 e. The fourth-order valence-electron chi connectivity index (χ4n) is 6.22. The van der Waals surface area contributed by atoms with Crippen molar-refractivity contribution in [1.82, 2.24) is 5.32 Å². The number of amides is 3. The smallest absolute Gasteiger partial charge is 0.272 e. The van der Waals surface area contributed by atoms with Crippen LogP contribution >= 0.6 is 0 Å². The molecule has 1 saturated carbocycles. The van der Waals surface area contributed by atoms with Gasteiger partial charge in [-0.15, -0.1) is 0 Å². The minimum Gasteiger partial charge on any atom is -0.369 e. The van der Waals surface area contributed by atoms with Crippen LogP contribution in [0.5, 0.6) is 0 Å². The molecule has 0 aromatic heterocycles. The molecule has 4 rings (SSSR count). The minimum atomic E-state index is -1.11. The Hall–Kier alpha value is -3.48. The Balaban J connectivity index is 1.76. The number of anilines is 1. The van der Waals surface area contributed by atoms with Gasteiger partial charge in [0, 0.05) is 29.5 Å². The molecular formula is C33H44N4O3. The van der Waals surface area contributed by atoms with Crippen LogP contribution in [0, 0.1) is 23.7 Å². The summed E-state index contributed by atoms with van der Waals surface area (Å²) in [7, 11) is 0. The predicted molar refractivity (Wildman–Crippen MR) is 160 cm³/mol. The Morgan fingerprint density at radius 3 is 2.33 bits per heavy atom.